The fraction of sp³-hybridized carbons (Fsp3) is 0.400. The molecule has 0 unspecified atom stereocenters. The highest BCUT2D eigenvalue weighted by atomic mass is 35.5. The molecule has 2 aromatic rings. The van der Waals surface area contributed by atoms with Gasteiger partial charge in [-0.15, -0.1) is 0 Å². The zero-order chi connectivity index (χ0) is 16.5. The van der Waals surface area contributed by atoms with E-state index in [1.54, 1.807) is 29.9 Å². The van der Waals surface area contributed by atoms with Gasteiger partial charge >= 0.3 is 0 Å². The molecule has 1 heterocycles. The number of halogens is 1. The smallest absolute Gasteiger partial charge is 0.244 e. The third-order valence-electron chi connectivity index (χ3n) is 3.78. The summed E-state index contributed by atoms with van der Waals surface area (Å²) in [6, 6.07) is 6.47. The van der Waals surface area contributed by atoms with Crippen LogP contribution >= 0.6 is 11.6 Å². The number of hydrogen-bond donors (Lipinski definition) is 0. The minimum absolute atomic E-state index is 0.124. The summed E-state index contributed by atoms with van der Waals surface area (Å²) >= 11 is 6.03. The molecule has 0 radical (unpaired) electrons. The average Bonchev–Trinajstić information content (AvgIpc) is 2.75. The Morgan fingerprint density at radius 1 is 1.32 bits per heavy atom. The van der Waals surface area contributed by atoms with E-state index in [0.29, 0.717) is 0 Å². The van der Waals surface area contributed by atoms with E-state index in [2.05, 4.69) is 5.10 Å². The van der Waals surface area contributed by atoms with Crippen molar-refractivity contribution in [2.45, 2.75) is 31.7 Å². The Balaban J connectivity index is 2.37. The van der Waals surface area contributed by atoms with E-state index in [0.717, 1.165) is 23.4 Å². The van der Waals surface area contributed by atoms with E-state index >= 15 is 0 Å². The Morgan fingerprint density at radius 3 is 2.55 bits per heavy atom. The molecule has 0 aliphatic carbocycles. The Labute approximate surface area is 136 Å². The van der Waals surface area contributed by atoms with Crippen molar-refractivity contribution in [1.29, 1.82) is 0 Å². The molecular weight excluding hydrogens is 322 g/mol. The molecule has 0 atom stereocenters. The van der Waals surface area contributed by atoms with Crippen LogP contribution in [0.1, 0.15) is 23.9 Å². The molecule has 0 aliphatic rings. The van der Waals surface area contributed by atoms with Crippen LogP contribution in [0.25, 0.3) is 0 Å². The van der Waals surface area contributed by atoms with Crippen LogP contribution in [0.5, 0.6) is 0 Å². The van der Waals surface area contributed by atoms with Crippen LogP contribution in [-0.2, 0) is 30.0 Å². The lowest BCUT2D eigenvalue weighted by Gasteiger charge is -2.18. The molecule has 0 spiro atoms. The summed E-state index contributed by atoms with van der Waals surface area (Å²) in [5.74, 6) is 0. The van der Waals surface area contributed by atoms with Gasteiger partial charge in [-0.1, -0.05) is 30.7 Å². The fourth-order valence-electron chi connectivity index (χ4n) is 2.34. The Morgan fingerprint density at radius 2 is 1.95 bits per heavy atom. The molecule has 2 rings (SSSR count). The van der Waals surface area contributed by atoms with Crippen molar-refractivity contribution in [3.8, 4) is 0 Å². The van der Waals surface area contributed by atoms with Crippen molar-refractivity contribution in [2.24, 2.45) is 7.05 Å². The van der Waals surface area contributed by atoms with Gasteiger partial charge in [0.15, 0.2) is 0 Å². The molecular formula is C15H20ClN3O2S. The van der Waals surface area contributed by atoms with E-state index in [9.17, 15) is 8.42 Å². The molecule has 0 aliphatic heterocycles. The summed E-state index contributed by atoms with van der Waals surface area (Å²) in [7, 11) is -0.214. The summed E-state index contributed by atoms with van der Waals surface area (Å²) in [6.45, 7) is 4.22. The summed E-state index contributed by atoms with van der Waals surface area (Å²) in [5.41, 5.74) is 2.84. The van der Waals surface area contributed by atoms with Gasteiger partial charge in [0.05, 0.1) is 10.7 Å². The van der Waals surface area contributed by atoms with Crippen LogP contribution in [0, 0.1) is 6.92 Å². The third-order valence-corrected chi connectivity index (χ3v) is 6.08. The highest BCUT2D eigenvalue weighted by Crippen LogP contribution is 2.25. The molecule has 0 fully saturated rings. The van der Waals surface area contributed by atoms with Gasteiger partial charge in [0.1, 0.15) is 4.90 Å². The van der Waals surface area contributed by atoms with Crippen LogP contribution in [0.15, 0.2) is 29.2 Å². The number of benzene rings is 1. The number of hydrogen-bond acceptors (Lipinski definition) is 3. The maximum atomic E-state index is 12.7. The van der Waals surface area contributed by atoms with E-state index in [1.807, 2.05) is 20.9 Å². The molecule has 22 heavy (non-hydrogen) atoms. The standard InChI is InChI=1S/C15H20ClN3O2S/c1-5-14-12(11(2)19(4)17-14)10-18(3)22(20,21)15-9-7-6-8-13(15)16/h6-9H,5,10H2,1-4H3. The normalized spacial score (nSPS) is 12.1. The van der Waals surface area contributed by atoms with E-state index in [-0.39, 0.29) is 16.5 Å². The highest BCUT2D eigenvalue weighted by Gasteiger charge is 2.25. The van der Waals surface area contributed by atoms with Gasteiger partial charge in [0, 0.05) is 31.9 Å². The second-order valence-electron chi connectivity index (χ2n) is 5.18. The Kier molecular flexibility index (Phi) is 4.94. The van der Waals surface area contributed by atoms with Crippen LogP contribution < -0.4 is 0 Å². The van der Waals surface area contributed by atoms with Gasteiger partial charge in [0.2, 0.25) is 10.0 Å². The first-order valence-electron chi connectivity index (χ1n) is 7.01. The molecule has 1 aromatic heterocycles. The fourth-order valence-corrected chi connectivity index (χ4v) is 3.97. The molecule has 7 heteroatoms. The van der Waals surface area contributed by atoms with Crippen LogP contribution in [0.3, 0.4) is 0 Å². The SMILES string of the molecule is CCc1nn(C)c(C)c1CN(C)S(=O)(=O)c1ccccc1Cl. The van der Waals surface area contributed by atoms with Crippen LogP contribution in [-0.4, -0.2) is 29.6 Å². The van der Waals surface area contributed by atoms with Crippen LogP contribution in [0.2, 0.25) is 5.02 Å². The monoisotopic (exact) mass is 341 g/mol. The van der Waals surface area contributed by atoms with Crippen molar-refractivity contribution < 1.29 is 8.42 Å². The summed E-state index contributed by atoms with van der Waals surface area (Å²) < 4.78 is 28.5. The van der Waals surface area contributed by atoms with Crippen molar-refractivity contribution in [3.63, 3.8) is 0 Å². The minimum atomic E-state index is -3.64. The number of sulfonamides is 1. The molecule has 0 N–H and O–H groups in total. The molecule has 0 saturated carbocycles. The van der Waals surface area contributed by atoms with E-state index < -0.39 is 10.0 Å². The Bertz CT molecular complexity index is 784. The second-order valence-corrected chi connectivity index (χ2v) is 7.60. The molecule has 0 saturated heterocycles. The molecule has 0 amide bonds. The lowest BCUT2D eigenvalue weighted by molar-refractivity contribution is 0.464. The van der Waals surface area contributed by atoms with Gasteiger partial charge in [-0.2, -0.15) is 9.40 Å². The number of aromatic nitrogens is 2. The number of nitrogens with zero attached hydrogens (tertiary/aromatic N) is 3. The largest absolute Gasteiger partial charge is 0.272 e. The zero-order valence-corrected chi connectivity index (χ0v) is 14.7. The average molecular weight is 342 g/mol. The van der Waals surface area contributed by atoms with Crippen LogP contribution in [0.4, 0.5) is 0 Å². The van der Waals surface area contributed by atoms with E-state index in [4.69, 9.17) is 11.6 Å². The summed E-state index contributed by atoms with van der Waals surface area (Å²) in [4.78, 5) is 0.124. The van der Waals surface area contributed by atoms with Gasteiger partial charge in [-0.3, -0.25) is 4.68 Å². The van der Waals surface area contributed by atoms with Gasteiger partial charge in [-0.05, 0) is 25.5 Å². The third kappa shape index (κ3) is 3.04. The number of rotatable bonds is 5. The minimum Gasteiger partial charge on any atom is -0.272 e. The maximum absolute atomic E-state index is 12.7. The first-order chi connectivity index (χ1) is 10.3. The first-order valence-corrected chi connectivity index (χ1v) is 8.83. The van der Waals surface area contributed by atoms with Gasteiger partial charge in [0.25, 0.3) is 0 Å². The lowest BCUT2D eigenvalue weighted by atomic mass is 10.1. The predicted octanol–water partition coefficient (Wildman–Crippen LogP) is 2.77. The molecule has 1 aromatic carbocycles. The second kappa shape index (κ2) is 6.40. The predicted molar refractivity (Wildman–Crippen MR) is 87.4 cm³/mol. The van der Waals surface area contributed by atoms with Crippen molar-refractivity contribution in [1.82, 2.24) is 14.1 Å². The summed E-state index contributed by atoms with van der Waals surface area (Å²) in [5, 5.41) is 4.65. The topological polar surface area (TPSA) is 55.2 Å². The quantitative estimate of drug-likeness (QED) is 0.840. The Hall–Kier alpha value is -1.37. The molecule has 120 valence electrons. The van der Waals surface area contributed by atoms with Crippen molar-refractivity contribution >= 4 is 21.6 Å². The van der Waals surface area contributed by atoms with Crippen molar-refractivity contribution in [2.75, 3.05) is 7.05 Å². The van der Waals surface area contributed by atoms with E-state index in [1.165, 1.54) is 10.4 Å². The van der Waals surface area contributed by atoms with Gasteiger partial charge < -0.3 is 0 Å². The highest BCUT2D eigenvalue weighted by molar-refractivity contribution is 7.89. The van der Waals surface area contributed by atoms with Gasteiger partial charge in [-0.25, -0.2) is 8.42 Å². The lowest BCUT2D eigenvalue weighted by Crippen LogP contribution is -2.27. The zero-order valence-electron chi connectivity index (χ0n) is 13.2. The maximum Gasteiger partial charge on any atom is 0.244 e. The summed E-state index contributed by atoms with van der Waals surface area (Å²) in [6.07, 6.45) is 0.761. The first kappa shape index (κ1) is 17.0. The van der Waals surface area contributed by atoms with Crippen molar-refractivity contribution in [3.05, 3.63) is 46.2 Å². The molecule has 0 bridgehead atoms. The molecule has 5 nitrogen and oxygen atoms in total. The number of aryl methyl sites for hydroxylation is 2.